The van der Waals surface area contributed by atoms with Gasteiger partial charge in [-0.15, -0.1) is 0 Å². The highest BCUT2D eigenvalue weighted by Crippen LogP contribution is 2.61. The van der Waals surface area contributed by atoms with Crippen LogP contribution in [-0.2, 0) is 0 Å². The maximum absolute atomic E-state index is 14.8. The number of Topliss-reactive ketones (excluding diaryl/α,β-unsaturated/α-hetero) is 3. The summed E-state index contributed by atoms with van der Waals surface area (Å²) < 4.78 is 17.0. The predicted molar refractivity (Wildman–Crippen MR) is 163 cm³/mol. The van der Waals surface area contributed by atoms with E-state index in [1.807, 2.05) is 59.5 Å². The summed E-state index contributed by atoms with van der Waals surface area (Å²) in [4.78, 5) is 46.4. The standard InChI is InChI=1S/C36H29NO6/c1-41-27-19-23(20-28(42-2)33(27)43-3)30-31(32(38)22-12-5-4-6-13-22)37-26-16-10-7-11-21(26)17-18-29(37)36(30)34(39)24-14-8-9-15-25(24)35(36)40/h4-20,29-31H,1-3H3/t29-,30-,31+/m1/s1. The molecule has 1 saturated heterocycles. The van der Waals surface area contributed by atoms with Gasteiger partial charge in [-0.2, -0.15) is 0 Å². The van der Waals surface area contributed by atoms with Crippen LogP contribution in [0.5, 0.6) is 17.2 Å². The molecule has 1 fully saturated rings. The highest BCUT2D eigenvalue weighted by Gasteiger charge is 2.71. The third kappa shape index (κ3) is 3.57. The molecule has 0 radical (unpaired) electrons. The molecule has 1 spiro atoms. The molecule has 2 heterocycles. The van der Waals surface area contributed by atoms with Crippen LogP contribution in [0.25, 0.3) is 6.08 Å². The molecule has 0 amide bonds. The zero-order valence-corrected chi connectivity index (χ0v) is 23.9. The Morgan fingerprint density at radius 1 is 0.744 bits per heavy atom. The molecule has 0 unspecified atom stereocenters. The predicted octanol–water partition coefficient (Wildman–Crippen LogP) is 6.03. The number of fused-ring (bicyclic) bond motifs is 5. The molecular formula is C36H29NO6. The first kappa shape index (κ1) is 26.7. The van der Waals surface area contributed by atoms with Crippen molar-refractivity contribution >= 4 is 29.1 Å². The second-order valence-electron chi connectivity index (χ2n) is 11.0. The summed E-state index contributed by atoms with van der Waals surface area (Å²) in [7, 11) is 4.55. The molecule has 7 heteroatoms. The molecule has 3 atom stereocenters. The van der Waals surface area contributed by atoms with Gasteiger partial charge >= 0.3 is 0 Å². The van der Waals surface area contributed by atoms with E-state index in [0.717, 1.165) is 11.3 Å². The van der Waals surface area contributed by atoms with Gasteiger partial charge in [-0.25, -0.2) is 0 Å². The van der Waals surface area contributed by atoms with Crippen LogP contribution in [0.2, 0.25) is 0 Å². The van der Waals surface area contributed by atoms with E-state index in [2.05, 4.69) is 0 Å². The first-order valence-corrected chi connectivity index (χ1v) is 14.1. The Kier molecular flexibility index (Phi) is 6.20. The average molecular weight is 572 g/mol. The Bertz CT molecular complexity index is 1770. The van der Waals surface area contributed by atoms with E-state index in [0.29, 0.717) is 39.5 Å². The molecule has 43 heavy (non-hydrogen) atoms. The smallest absolute Gasteiger partial charge is 0.203 e. The van der Waals surface area contributed by atoms with Crippen LogP contribution in [0.15, 0.2) is 97.1 Å². The van der Waals surface area contributed by atoms with Crippen molar-refractivity contribution in [3.63, 3.8) is 0 Å². The monoisotopic (exact) mass is 571 g/mol. The van der Waals surface area contributed by atoms with Gasteiger partial charge in [0, 0.05) is 28.3 Å². The number of rotatable bonds is 6. The van der Waals surface area contributed by atoms with Crippen molar-refractivity contribution < 1.29 is 28.6 Å². The van der Waals surface area contributed by atoms with Crippen molar-refractivity contribution in [1.29, 1.82) is 0 Å². The van der Waals surface area contributed by atoms with E-state index in [9.17, 15) is 14.4 Å². The molecule has 4 aromatic carbocycles. The number of ether oxygens (including phenoxy) is 3. The first-order chi connectivity index (χ1) is 21.0. The SMILES string of the molecule is COc1cc([C@@H]2[C@@H](C(=O)c3ccccc3)N3c4ccccc4C=C[C@@H]3C23C(=O)c2ccccc2C3=O)cc(OC)c1OC. The fourth-order valence-corrected chi connectivity index (χ4v) is 7.34. The van der Waals surface area contributed by atoms with E-state index >= 15 is 0 Å². The Morgan fingerprint density at radius 3 is 1.93 bits per heavy atom. The molecule has 3 aliphatic rings. The molecule has 4 aromatic rings. The lowest BCUT2D eigenvalue weighted by atomic mass is 9.64. The van der Waals surface area contributed by atoms with Gasteiger partial charge in [0.1, 0.15) is 11.5 Å². The fourth-order valence-electron chi connectivity index (χ4n) is 7.34. The molecule has 0 aromatic heterocycles. The second-order valence-corrected chi connectivity index (χ2v) is 11.0. The number of anilines is 1. The van der Waals surface area contributed by atoms with Gasteiger partial charge in [-0.3, -0.25) is 14.4 Å². The Labute approximate surface area is 249 Å². The molecular weight excluding hydrogens is 542 g/mol. The van der Waals surface area contributed by atoms with Gasteiger partial charge in [0.25, 0.3) is 0 Å². The maximum Gasteiger partial charge on any atom is 0.203 e. The summed E-state index contributed by atoms with van der Waals surface area (Å²) in [5, 5.41) is 0. The van der Waals surface area contributed by atoms with Crippen LogP contribution in [0.3, 0.4) is 0 Å². The van der Waals surface area contributed by atoms with Crippen molar-refractivity contribution in [1.82, 2.24) is 0 Å². The number of methoxy groups -OCH3 is 3. The summed E-state index contributed by atoms with van der Waals surface area (Å²) in [5.41, 5.74) is 1.85. The lowest BCUT2D eigenvalue weighted by Crippen LogP contribution is -2.48. The number of carbonyl (C=O) groups is 3. The summed E-state index contributed by atoms with van der Waals surface area (Å²) in [6.45, 7) is 0. The Hall–Kier alpha value is -5.17. The zero-order valence-electron chi connectivity index (χ0n) is 23.9. The summed E-state index contributed by atoms with van der Waals surface area (Å²) in [6, 6.07) is 25.6. The maximum atomic E-state index is 14.8. The quantitative estimate of drug-likeness (QED) is 0.207. The lowest BCUT2D eigenvalue weighted by Gasteiger charge is -2.37. The molecule has 7 nitrogen and oxygen atoms in total. The first-order valence-electron chi connectivity index (χ1n) is 14.1. The number of hydrogen-bond acceptors (Lipinski definition) is 7. The number of ketones is 3. The van der Waals surface area contributed by atoms with Crippen LogP contribution >= 0.6 is 0 Å². The molecule has 2 aliphatic heterocycles. The lowest BCUT2D eigenvalue weighted by molar-refractivity contribution is 0.0665. The van der Waals surface area contributed by atoms with E-state index < -0.39 is 23.4 Å². The summed E-state index contributed by atoms with van der Waals surface area (Å²) >= 11 is 0. The van der Waals surface area contributed by atoms with Crippen LogP contribution in [0, 0.1) is 5.41 Å². The van der Waals surface area contributed by atoms with Gasteiger partial charge < -0.3 is 19.1 Å². The minimum absolute atomic E-state index is 0.192. The second kappa shape index (κ2) is 9.98. The molecule has 0 N–H and O–H groups in total. The van der Waals surface area contributed by atoms with Crippen molar-refractivity contribution in [2.45, 2.75) is 18.0 Å². The topological polar surface area (TPSA) is 82.1 Å². The van der Waals surface area contributed by atoms with E-state index in [1.165, 1.54) is 21.3 Å². The van der Waals surface area contributed by atoms with Crippen LogP contribution in [0.1, 0.15) is 48.1 Å². The van der Waals surface area contributed by atoms with Crippen molar-refractivity contribution in [3.8, 4) is 17.2 Å². The number of benzene rings is 4. The molecule has 0 saturated carbocycles. The normalized spacial score (nSPS) is 20.9. The fraction of sp³-hybridized carbons (Fsp3) is 0.194. The Balaban J connectivity index is 1.58. The average Bonchev–Trinajstić information content (AvgIpc) is 3.50. The number of hydrogen-bond donors (Lipinski definition) is 0. The minimum atomic E-state index is -1.63. The van der Waals surface area contributed by atoms with Crippen molar-refractivity contribution in [2.24, 2.45) is 5.41 Å². The summed E-state index contributed by atoms with van der Waals surface area (Å²) in [5.74, 6) is -0.571. The van der Waals surface area contributed by atoms with E-state index in [4.69, 9.17) is 14.2 Å². The highest BCUT2D eigenvalue weighted by molar-refractivity contribution is 6.32. The number of para-hydroxylation sites is 1. The van der Waals surface area contributed by atoms with Gasteiger partial charge in [-0.05, 0) is 29.3 Å². The molecule has 1 aliphatic carbocycles. The van der Waals surface area contributed by atoms with Gasteiger partial charge in [0.15, 0.2) is 28.8 Å². The van der Waals surface area contributed by atoms with Crippen LogP contribution in [-0.4, -0.2) is 50.8 Å². The molecule has 0 bridgehead atoms. The van der Waals surface area contributed by atoms with E-state index in [1.54, 1.807) is 48.5 Å². The van der Waals surface area contributed by atoms with Gasteiger partial charge in [0.05, 0.1) is 27.4 Å². The number of nitrogens with zero attached hydrogens (tertiary/aromatic N) is 1. The van der Waals surface area contributed by atoms with Gasteiger partial charge in [0.2, 0.25) is 5.75 Å². The molecule has 7 rings (SSSR count). The van der Waals surface area contributed by atoms with Crippen molar-refractivity contribution in [3.05, 3.63) is 125 Å². The summed E-state index contributed by atoms with van der Waals surface area (Å²) in [6.07, 6.45) is 3.86. The van der Waals surface area contributed by atoms with Crippen LogP contribution in [0.4, 0.5) is 5.69 Å². The largest absolute Gasteiger partial charge is 0.493 e. The minimum Gasteiger partial charge on any atom is -0.493 e. The van der Waals surface area contributed by atoms with Crippen LogP contribution < -0.4 is 19.1 Å². The third-order valence-corrected chi connectivity index (χ3v) is 9.09. The van der Waals surface area contributed by atoms with E-state index in [-0.39, 0.29) is 17.3 Å². The number of carbonyl (C=O) groups excluding carboxylic acids is 3. The third-order valence-electron chi connectivity index (χ3n) is 9.09. The van der Waals surface area contributed by atoms with Crippen molar-refractivity contribution in [2.75, 3.05) is 26.2 Å². The Morgan fingerprint density at radius 2 is 1.33 bits per heavy atom. The highest BCUT2D eigenvalue weighted by atomic mass is 16.5. The molecule has 214 valence electrons. The zero-order chi connectivity index (χ0) is 29.9. The van der Waals surface area contributed by atoms with Gasteiger partial charge in [-0.1, -0.05) is 84.9 Å².